The highest BCUT2D eigenvalue weighted by Crippen LogP contribution is 2.56. The molecule has 2 fully saturated rings. The molecule has 0 aliphatic heterocycles. The molecule has 3 N–H and O–H groups in total. The molecule has 31 heavy (non-hydrogen) atoms. The molecule has 0 heterocycles. The second-order valence-electron chi connectivity index (χ2n) is 10.3. The first kappa shape index (κ1) is 24.6. The first-order valence-electron chi connectivity index (χ1n) is 11.7. The summed E-state index contributed by atoms with van der Waals surface area (Å²) in [4.78, 5) is 0. The van der Waals surface area contributed by atoms with Crippen molar-refractivity contribution in [1.29, 1.82) is 0 Å². The minimum absolute atomic E-state index is 0.206. The summed E-state index contributed by atoms with van der Waals surface area (Å²) in [5.74, 6) is 1.44. The molecule has 0 amide bonds. The largest absolute Gasteiger partial charge is 0.393 e. The van der Waals surface area contributed by atoms with E-state index >= 15 is 0 Å². The number of thioether (sulfide) groups is 1. The quantitative estimate of drug-likeness (QED) is 0.474. The van der Waals surface area contributed by atoms with E-state index in [1.807, 2.05) is 17.8 Å². The molecule has 172 valence electrons. The Hall–Kier alpha value is -1.07. The van der Waals surface area contributed by atoms with Gasteiger partial charge in [-0.2, -0.15) is 11.8 Å². The summed E-state index contributed by atoms with van der Waals surface area (Å²) < 4.78 is 0. The third-order valence-electron chi connectivity index (χ3n) is 7.28. The number of hydrogen-bond acceptors (Lipinski definition) is 4. The van der Waals surface area contributed by atoms with Crippen molar-refractivity contribution in [1.82, 2.24) is 0 Å². The topological polar surface area (TPSA) is 60.7 Å². The van der Waals surface area contributed by atoms with E-state index in [0.717, 1.165) is 29.7 Å². The predicted octanol–water partition coefficient (Wildman–Crippen LogP) is 5.50. The fourth-order valence-corrected chi connectivity index (χ4v) is 6.61. The fourth-order valence-electron chi connectivity index (χ4n) is 5.57. The Morgan fingerprint density at radius 1 is 1.32 bits per heavy atom. The molecular weight excluding hydrogens is 404 g/mol. The molecule has 0 aromatic rings. The first-order valence-corrected chi connectivity index (χ1v) is 12.7. The molecule has 4 heteroatoms. The predicted molar refractivity (Wildman–Crippen MR) is 132 cm³/mol. The molecule has 0 bridgehead atoms. The van der Waals surface area contributed by atoms with Crippen LogP contribution in [0.1, 0.15) is 66.2 Å². The van der Waals surface area contributed by atoms with Gasteiger partial charge in [-0.1, -0.05) is 55.0 Å². The molecule has 0 radical (unpaired) electrons. The number of rotatable bonds is 6. The lowest BCUT2D eigenvalue weighted by molar-refractivity contribution is 0.0862. The summed E-state index contributed by atoms with van der Waals surface area (Å²) >= 11 is 1.94. The van der Waals surface area contributed by atoms with Crippen molar-refractivity contribution in [3.05, 3.63) is 59.3 Å². The zero-order chi connectivity index (χ0) is 22.8. The van der Waals surface area contributed by atoms with Crippen molar-refractivity contribution < 1.29 is 15.3 Å². The Morgan fingerprint density at radius 2 is 2.06 bits per heavy atom. The maximum absolute atomic E-state index is 10.1. The van der Waals surface area contributed by atoms with E-state index in [1.165, 1.54) is 18.4 Å². The minimum atomic E-state index is -0.749. The summed E-state index contributed by atoms with van der Waals surface area (Å²) in [5.41, 5.74) is 4.27. The van der Waals surface area contributed by atoms with Crippen molar-refractivity contribution >= 4 is 11.8 Å². The molecule has 3 nitrogen and oxygen atoms in total. The van der Waals surface area contributed by atoms with Gasteiger partial charge in [-0.05, 0) is 75.4 Å². The summed E-state index contributed by atoms with van der Waals surface area (Å²) in [6.07, 6.45) is 15.3. The highest BCUT2D eigenvalue weighted by Gasteiger charge is 2.46. The van der Waals surface area contributed by atoms with Crippen LogP contribution >= 0.6 is 11.8 Å². The summed E-state index contributed by atoms with van der Waals surface area (Å²) in [6.45, 7) is 12.4. The van der Waals surface area contributed by atoms with Crippen LogP contribution in [0, 0.1) is 11.3 Å². The monoisotopic (exact) mass is 444 g/mol. The van der Waals surface area contributed by atoms with Gasteiger partial charge in [0.15, 0.2) is 0 Å². The average Bonchev–Trinajstić information content (AvgIpc) is 3.03. The van der Waals surface area contributed by atoms with Crippen molar-refractivity contribution in [3.63, 3.8) is 0 Å². The lowest BCUT2D eigenvalue weighted by atomic mass is 9.64. The van der Waals surface area contributed by atoms with Crippen molar-refractivity contribution in [2.24, 2.45) is 11.3 Å². The molecule has 0 spiro atoms. The molecule has 2 saturated carbocycles. The van der Waals surface area contributed by atoms with E-state index in [4.69, 9.17) is 0 Å². The molecular formula is C27H40O3S. The fraction of sp³-hybridized carbons (Fsp3) is 0.630. The van der Waals surface area contributed by atoms with Crippen molar-refractivity contribution in [2.75, 3.05) is 5.75 Å². The number of hydrogen-bond donors (Lipinski definition) is 3. The Labute approximate surface area is 192 Å². The van der Waals surface area contributed by atoms with Gasteiger partial charge in [-0.3, -0.25) is 0 Å². The second-order valence-corrected chi connectivity index (χ2v) is 11.7. The zero-order valence-electron chi connectivity index (χ0n) is 19.6. The van der Waals surface area contributed by atoms with E-state index < -0.39 is 17.8 Å². The second kappa shape index (κ2) is 9.82. The molecule has 0 aromatic carbocycles. The van der Waals surface area contributed by atoms with Crippen LogP contribution in [0.5, 0.6) is 0 Å². The number of allylic oxidation sites excluding steroid dienone is 4. The molecule has 3 rings (SSSR count). The van der Waals surface area contributed by atoms with Gasteiger partial charge >= 0.3 is 0 Å². The Morgan fingerprint density at radius 3 is 2.77 bits per heavy atom. The number of fused-ring (bicyclic) bond motifs is 1. The highest BCUT2D eigenvalue weighted by atomic mass is 32.2. The SMILES string of the molecule is C=C1/C(=C\C=C2/CCC[C@]3(C)C(C(C)SC/C=C/C(C)(C)O)=CC[C@@H]23)C[C@@H](O)C[C@@H]1O. The van der Waals surface area contributed by atoms with Crippen LogP contribution in [-0.4, -0.2) is 44.1 Å². The standard InChI is InChI=1S/C27H40O3S/c1-18-21(16-22(28)17-25(18)29)10-9-20-8-6-14-27(5)23(11-12-24(20)27)19(2)31-15-7-13-26(3,4)30/h7,9-11,13,19,22,24-25,28-30H,1,6,8,12,14-17H2,2-5H3/b13-7+,20-9+,21-10-/t19?,22-,24+,25+,27-/m1/s1. The van der Waals surface area contributed by atoms with Gasteiger partial charge in [0.1, 0.15) is 0 Å². The maximum atomic E-state index is 10.1. The Balaban J connectivity index is 1.70. The van der Waals surface area contributed by atoms with E-state index in [0.29, 0.717) is 24.0 Å². The molecule has 5 atom stereocenters. The molecule has 1 unspecified atom stereocenters. The maximum Gasteiger partial charge on any atom is 0.0811 e. The van der Waals surface area contributed by atoms with E-state index in [-0.39, 0.29) is 5.41 Å². The van der Waals surface area contributed by atoms with Crippen LogP contribution in [0.4, 0.5) is 0 Å². The third-order valence-corrected chi connectivity index (χ3v) is 8.42. The third kappa shape index (κ3) is 5.84. The van der Waals surface area contributed by atoms with Gasteiger partial charge in [0.25, 0.3) is 0 Å². The van der Waals surface area contributed by atoms with Crippen LogP contribution in [0.2, 0.25) is 0 Å². The smallest absolute Gasteiger partial charge is 0.0811 e. The lowest BCUT2D eigenvalue weighted by Crippen LogP contribution is -2.33. The normalized spacial score (nSPS) is 35.6. The van der Waals surface area contributed by atoms with Crippen LogP contribution in [-0.2, 0) is 0 Å². The summed E-state index contributed by atoms with van der Waals surface area (Å²) in [6, 6.07) is 0. The van der Waals surface area contributed by atoms with Gasteiger partial charge in [-0.25, -0.2) is 0 Å². The van der Waals surface area contributed by atoms with E-state index in [2.05, 4.69) is 44.7 Å². The van der Waals surface area contributed by atoms with E-state index in [1.54, 1.807) is 19.4 Å². The van der Waals surface area contributed by atoms with Crippen LogP contribution < -0.4 is 0 Å². The number of aliphatic hydroxyl groups excluding tert-OH is 2. The molecule has 3 aliphatic rings. The van der Waals surface area contributed by atoms with E-state index in [9.17, 15) is 15.3 Å². The van der Waals surface area contributed by atoms with Crippen LogP contribution in [0.25, 0.3) is 0 Å². The Bertz CT molecular complexity index is 798. The van der Waals surface area contributed by atoms with Gasteiger partial charge in [0.2, 0.25) is 0 Å². The molecule has 3 aliphatic carbocycles. The Kier molecular flexibility index (Phi) is 7.79. The molecule has 0 saturated heterocycles. The highest BCUT2D eigenvalue weighted by molar-refractivity contribution is 8.00. The lowest BCUT2D eigenvalue weighted by Gasteiger charge is -2.42. The first-order chi connectivity index (χ1) is 14.5. The zero-order valence-corrected chi connectivity index (χ0v) is 20.4. The van der Waals surface area contributed by atoms with Gasteiger partial charge in [-0.15, -0.1) is 0 Å². The average molecular weight is 445 g/mol. The van der Waals surface area contributed by atoms with Gasteiger partial charge in [0, 0.05) is 17.4 Å². The summed E-state index contributed by atoms with van der Waals surface area (Å²) in [5, 5.41) is 30.5. The van der Waals surface area contributed by atoms with Crippen LogP contribution in [0.15, 0.2) is 59.3 Å². The van der Waals surface area contributed by atoms with Gasteiger partial charge < -0.3 is 15.3 Å². The minimum Gasteiger partial charge on any atom is -0.393 e. The van der Waals surface area contributed by atoms with Crippen LogP contribution in [0.3, 0.4) is 0 Å². The molecule has 0 aromatic heterocycles. The summed E-state index contributed by atoms with van der Waals surface area (Å²) in [7, 11) is 0. The van der Waals surface area contributed by atoms with Crippen molar-refractivity contribution in [2.45, 2.75) is 89.3 Å². The van der Waals surface area contributed by atoms with Gasteiger partial charge in [0.05, 0.1) is 17.8 Å². The van der Waals surface area contributed by atoms with Crippen molar-refractivity contribution in [3.8, 4) is 0 Å². The number of aliphatic hydroxyl groups is 3.